The predicted octanol–water partition coefficient (Wildman–Crippen LogP) is -0.592. The van der Waals surface area contributed by atoms with E-state index in [0.717, 1.165) is 3.77 Å². The van der Waals surface area contributed by atoms with Gasteiger partial charge in [0, 0.05) is 6.07 Å². The highest BCUT2D eigenvalue weighted by atomic mass is 127. The van der Waals surface area contributed by atoms with Crippen LogP contribution in [0.2, 0.25) is 0 Å². The van der Waals surface area contributed by atoms with Gasteiger partial charge < -0.3 is 4.42 Å². The van der Waals surface area contributed by atoms with Crippen molar-refractivity contribution in [1.29, 1.82) is 0 Å². The van der Waals surface area contributed by atoms with Crippen molar-refractivity contribution >= 4 is 0 Å². The molecule has 2 rings (SSSR count). The third-order valence-corrected chi connectivity index (χ3v) is 3.91. The summed E-state index contributed by atoms with van der Waals surface area (Å²) in [6, 6.07) is 14.5. The summed E-state index contributed by atoms with van der Waals surface area (Å²) in [6.45, 7) is 0. The monoisotopic (exact) mass is 271 g/mol. The Hall–Kier alpha value is -0.770. The maximum atomic E-state index is 5.29. The lowest BCUT2D eigenvalue weighted by atomic mass is 10.4. The van der Waals surface area contributed by atoms with Gasteiger partial charge in [-0.25, -0.2) is 0 Å². The van der Waals surface area contributed by atoms with Crippen molar-refractivity contribution in [3.63, 3.8) is 0 Å². The Kier molecular flexibility index (Phi) is 2.46. The van der Waals surface area contributed by atoms with Gasteiger partial charge >= 0.3 is 25.0 Å². The van der Waals surface area contributed by atoms with Crippen LogP contribution in [-0.4, -0.2) is 0 Å². The summed E-state index contributed by atoms with van der Waals surface area (Å²) in [7, 11) is 0. The fourth-order valence-corrected chi connectivity index (χ4v) is 2.95. The van der Waals surface area contributed by atoms with E-state index in [1.54, 1.807) is 6.26 Å². The number of halogens is 1. The number of benzene rings is 1. The Morgan fingerprint density at radius 3 is 2.42 bits per heavy atom. The zero-order chi connectivity index (χ0) is 8.23. The molecule has 1 heterocycles. The molecule has 0 unspecified atom stereocenters. The van der Waals surface area contributed by atoms with Gasteiger partial charge in [0.1, 0.15) is 0 Å². The Bertz CT molecular complexity index is 326. The van der Waals surface area contributed by atoms with E-state index in [-0.39, 0.29) is 21.2 Å². The van der Waals surface area contributed by atoms with Crippen molar-refractivity contribution in [2.45, 2.75) is 0 Å². The van der Waals surface area contributed by atoms with Crippen LogP contribution in [0.3, 0.4) is 0 Å². The minimum absolute atomic E-state index is 0.100. The molecule has 0 aliphatic rings. The van der Waals surface area contributed by atoms with E-state index in [2.05, 4.69) is 24.3 Å². The second-order valence-corrected chi connectivity index (χ2v) is 5.16. The minimum atomic E-state index is -0.100. The summed E-state index contributed by atoms with van der Waals surface area (Å²) in [5.41, 5.74) is 0. The first-order valence-electron chi connectivity index (χ1n) is 3.68. The molecule has 0 fully saturated rings. The van der Waals surface area contributed by atoms with Gasteiger partial charge in [0.25, 0.3) is 0 Å². The van der Waals surface area contributed by atoms with Crippen molar-refractivity contribution in [3.05, 3.63) is 56.1 Å². The van der Waals surface area contributed by atoms with E-state index in [9.17, 15) is 0 Å². The van der Waals surface area contributed by atoms with Gasteiger partial charge in [-0.2, -0.15) is 0 Å². The first-order valence-corrected chi connectivity index (χ1v) is 5.84. The second-order valence-electron chi connectivity index (χ2n) is 2.31. The molecule has 0 N–H and O–H groups in total. The second kappa shape index (κ2) is 3.76. The maximum absolute atomic E-state index is 5.29. The van der Waals surface area contributed by atoms with Crippen molar-refractivity contribution in [2.75, 3.05) is 0 Å². The van der Waals surface area contributed by atoms with Crippen LogP contribution in [0.4, 0.5) is 0 Å². The van der Waals surface area contributed by atoms with E-state index in [1.165, 1.54) is 3.57 Å². The minimum Gasteiger partial charge on any atom is -0.427 e. The van der Waals surface area contributed by atoms with Crippen molar-refractivity contribution in [3.8, 4) is 0 Å². The molecular formula is C10H8IO+. The topological polar surface area (TPSA) is 13.1 Å². The van der Waals surface area contributed by atoms with Crippen LogP contribution in [0, 0.1) is 7.34 Å². The number of hydrogen-bond donors (Lipinski definition) is 0. The van der Waals surface area contributed by atoms with Gasteiger partial charge in [-0.1, -0.05) is 18.2 Å². The van der Waals surface area contributed by atoms with Gasteiger partial charge in [-0.15, -0.1) is 0 Å². The fraction of sp³-hybridized carbons (Fsp3) is 0. The molecule has 1 nitrogen and oxygen atoms in total. The average Bonchev–Trinajstić information content (AvgIpc) is 2.59. The largest absolute Gasteiger partial charge is 0.427 e. The van der Waals surface area contributed by atoms with Crippen LogP contribution in [0.5, 0.6) is 0 Å². The molecule has 0 saturated heterocycles. The highest BCUT2D eigenvalue weighted by molar-refractivity contribution is 4.99. The Morgan fingerprint density at radius 1 is 0.917 bits per heavy atom. The lowest BCUT2D eigenvalue weighted by Gasteiger charge is -1.79. The van der Waals surface area contributed by atoms with E-state index < -0.39 is 0 Å². The fourth-order valence-electron chi connectivity index (χ4n) is 0.897. The summed E-state index contributed by atoms with van der Waals surface area (Å²) in [6.07, 6.45) is 1.73. The molecule has 0 aliphatic heterocycles. The lowest BCUT2D eigenvalue weighted by molar-refractivity contribution is -0.617. The molecule has 0 spiro atoms. The first-order chi connectivity index (χ1) is 5.95. The molecule has 1 aromatic carbocycles. The van der Waals surface area contributed by atoms with Crippen LogP contribution in [0.25, 0.3) is 0 Å². The zero-order valence-electron chi connectivity index (χ0n) is 6.41. The quantitative estimate of drug-likeness (QED) is 0.665. The molecule has 0 amide bonds. The predicted molar refractivity (Wildman–Crippen MR) is 42.5 cm³/mol. The SMILES string of the molecule is c1ccc([I+]c2ccco2)cc1. The van der Waals surface area contributed by atoms with Crippen LogP contribution in [-0.2, 0) is 0 Å². The van der Waals surface area contributed by atoms with Gasteiger partial charge in [0.2, 0.25) is 0 Å². The van der Waals surface area contributed by atoms with Crippen molar-refractivity contribution < 1.29 is 25.6 Å². The molecule has 0 aliphatic carbocycles. The summed E-state index contributed by atoms with van der Waals surface area (Å²) in [4.78, 5) is 0. The van der Waals surface area contributed by atoms with Crippen LogP contribution < -0.4 is 21.2 Å². The molecule has 0 bridgehead atoms. The summed E-state index contributed by atoms with van der Waals surface area (Å²) < 4.78 is 7.81. The third-order valence-electron chi connectivity index (χ3n) is 1.42. The highest BCUT2D eigenvalue weighted by Gasteiger charge is 2.16. The van der Waals surface area contributed by atoms with Crippen molar-refractivity contribution in [2.24, 2.45) is 0 Å². The van der Waals surface area contributed by atoms with Gasteiger partial charge in [0.15, 0.2) is 3.57 Å². The van der Waals surface area contributed by atoms with Gasteiger partial charge in [-0.3, -0.25) is 0 Å². The van der Waals surface area contributed by atoms with Crippen LogP contribution in [0.1, 0.15) is 0 Å². The number of furan rings is 1. The Balaban J connectivity index is 2.15. The standard InChI is InChI=1S/C10H8IO/c1-2-5-9(6-3-1)11-10-7-4-8-12-10/h1-8H/q+1. The maximum Gasteiger partial charge on any atom is 0.400 e. The third kappa shape index (κ3) is 1.88. The van der Waals surface area contributed by atoms with E-state index in [4.69, 9.17) is 4.42 Å². The van der Waals surface area contributed by atoms with Crippen LogP contribution >= 0.6 is 0 Å². The van der Waals surface area contributed by atoms with Gasteiger partial charge in [-0.05, 0) is 18.2 Å². The lowest BCUT2D eigenvalue weighted by Crippen LogP contribution is -3.61. The number of rotatable bonds is 2. The molecule has 0 saturated carbocycles. The average molecular weight is 271 g/mol. The summed E-state index contributed by atoms with van der Waals surface area (Å²) in [5.74, 6) is 0. The summed E-state index contributed by atoms with van der Waals surface area (Å²) in [5, 5.41) is 0. The molecule has 1 aromatic heterocycles. The Morgan fingerprint density at radius 2 is 1.75 bits per heavy atom. The molecule has 0 radical (unpaired) electrons. The van der Waals surface area contributed by atoms with E-state index in [1.807, 2.05) is 18.2 Å². The molecule has 2 heteroatoms. The van der Waals surface area contributed by atoms with E-state index in [0.29, 0.717) is 0 Å². The van der Waals surface area contributed by atoms with Gasteiger partial charge in [0.05, 0.1) is 6.26 Å². The highest BCUT2D eigenvalue weighted by Crippen LogP contribution is 1.85. The Labute approximate surface area is 81.7 Å². The zero-order valence-corrected chi connectivity index (χ0v) is 8.56. The van der Waals surface area contributed by atoms with Crippen LogP contribution in [0.15, 0.2) is 53.1 Å². The summed E-state index contributed by atoms with van der Waals surface area (Å²) >= 11 is -0.100. The normalized spacial score (nSPS) is 10.0. The molecule has 0 atom stereocenters. The molecule has 12 heavy (non-hydrogen) atoms. The van der Waals surface area contributed by atoms with E-state index >= 15 is 0 Å². The molecule has 60 valence electrons. The number of hydrogen-bond acceptors (Lipinski definition) is 1. The van der Waals surface area contributed by atoms with Crippen molar-refractivity contribution in [1.82, 2.24) is 0 Å². The molecule has 2 aromatic rings. The first kappa shape index (κ1) is 7.86. The smallest absolute Gasteiger partial charge is 0.400 e. The molecular weight excluding hydrogens is 263 g/mol.